The number of hydrogen-bond acceptors (Lipinski definition) is 4. The molecule has 1 atom stereocenters. The van der Waals surface area contributed by atoms with E-state index in [0.29, 0.717) is 17.1 Å². The summed E-state index contributed by atoms with van der Waals surface area (Å²) in [5.74, 6) is 0.0881. The van der Waals surface area contributed by atoms with E-state index in [2.05, 4.69) is 0 Å². The molecule has 2 N–H and O–H groups in total. The number of rotatable bonds is 6. The quantitative estimate of drug-likeness (QED) is 0.827. The Morgan fingerprint density at radius 2 is 2.05 bits per heavy atom. The van der Waals surface area contributed by atoms with Crippen molar-refractivity contribution >= 4 is 5.97 Å². The normalized spacial score (nSPS) is 12.9. The molecule has 1 aromatic carbocycles. The zero-order chi connectivity index (χ0) is 14.6. The predicted molar refractivity (Wildman–Crippen MR) is 70.5 cm³/mol. The van der Waals surface area contributed by atoms with E-state index < -0.39 is 17.5 Å². The van der Waals surface area contributed by atoms with Crippen LogP contribution in [0.3, 0.4) is 0 Å². The zero-order valence-electron chi connectivity index (χ0n) is 11.6. The largest absolute Gasteiger partial charge is 0.497 e. The summed E-state index contributed by atoms with van der Waals surface area (Å²) < 4.78 is 10.6. The molecule has 0 unspecified atom stereocenters. The van der Waals surface area contributed by atoms with E-state index in [9.17, 15) is 9.90 Å². The standard InChI is InChI=1S/C14H20O5/c1-9(15)11-6-5-10(18-4)7-12(11)19-8-14(2,3)13(16)17/h5-7,9,15H,8H2,1-4H3,(H,16,17)/t9-/m1/s1. The highest BCUT2D eigenvalue weighted by atomic mass is 16.5. The molecular weight excluding hydrogens is 248 g/mol. The lowest BCUT2D eigenvalue weighted by Gasteiger charge is -2.21. The SMILES string of the molecule is COc1ccc([C@@H](C)O)c(OCC(C)(C)C(=O)O)c1. The molecule has 5 nitrogen and oxygen atoms in total. The molecule has 0 fully saturated rings. The molecule has 0 saturated heterocycles. The van der Waals surface area contributed by atoms with Gasteiger partial charge in [0.25, 0.3) is 0 Å². The second-order valence-electron chi connectivity index (χ2n) is 5.06. The first-order valence-electron chi connectivity index (χ1n) is 6.00. The van der Waals surface area contributed by atoms with Crippen LogP contribution in [0.4, 0.5) is 0 Å². The minimum atomic E-state index is -1.00. The van der Waals surface area contributed by atoms with Crippen molar-refractivity contribution in [1.29, 1.82) is 0 Å². The molecule has 0 aromatic heterocycles. The molecule has 5 heteroatoms. The van der Waals surface area contributed by atoms with Gasteiger partial charge in [0.1, 0.15) is 18.1 Å². The zero-order valence-corrected chi connectivity index (χ0v) is 11.6. The van der Waals surface area contributed by atoms with Crippen LogP contribution >= 0.6 is 0 Å². The van der Waals surface area contributed by atoms with Gasteiger partial charge in [-0.05, 0) is 32.9 Å². The summed E-state index contributed by atoms with van der Waals surface area (Å²) >= 11 is 0. The fourth-order valence-electron chi connectivity index (χ4n) is 1.43. The van der Waals surface area contributed by atoms with Gasteiger partial charge in [0.05, 0.1) is 18.6 Å². The fraction of sp³-hybridized carbons (Fsp3) is 0.500. The summed E-state index contributed by atoms with van der Waals surface area (Å²) in [5, 5.41) is 18.7. The fourth-order valence-corrected chi connectivity index (χ4v) is 1.43. The minimum absolute atomic E-state index is 0.00915. The van der Waals surface area contributed by atoms with Crippen molar-refractivity contribution in [2.75, 3.05) is 13.7 Å². The number of aliphatic hydroxyl groups is 1. The molecule has 19 heavy (non-hydrogen) atoms. The lowest BCUT2D eigenvalue weighted by atomic mass is 9.95. The van der Waals surface area contributed by atoms with Gasteiger partial charge in [-0.2, -0.15) is 0 Å². The molecule has 0 amide bonds. The van der Waals surface area contributed by atoms with Crippen LogP contribution in [0.15, 0.2) is 18.2 Å². The summed E-state index contributed by atoms with van der Waals surface area (Å²) in [7, 11) is 1.53. The first kappa shape index (κ1) is 15.3. The molecule has 106 valence electrons. The average Bonchev–Trinajstić information content (AvgIpc) is 2.35. The van der Waals surface area contributed by atoms with Crippen LogP contribution in [-0.4, -0.2) is 29.9 Å². The van der Waals surface area contributed by atoms with Crippen LogP contribution in [0.5, 0.6) is 11.5 Å². The number of benzene rings is 1. The number of methoxy groups -OCH3 is 1. The van der Waals surface area contributed by atoms with Gasteiger partial charge >= 0.3 is 5.97 Å². The van der Waals surface area contributed by atoms with Crippen LogP contribution < -0.4 is 9.47 Å². The van der Waals surface area contributed by atoms with Crippen molar-refractivity contribution in [3.63, 3.8) is 0 Å². The molecule has 0 aliphatic rings. The van der Waals surface area contributed by atoms with Gasteiger partial charge < -0.3 is 19.7 Å². The predicted octanol–water partition coefficient (Wildman–Crippen LogP) is 2.24. The molecule has 0 spiro atoms. The Kier molecular flexibility index (Phi) is 4.78. The molecule has 0 heterocycles. The summed E-state index contributed by atoms with van der Waals surface area (Å²) in [5.41, 5.74) is -0.402. The second-order valence-corrected chi connectivity index (χ2v) is 5.06. The monoisotopic (exact) mass is 268 g/mol. The minimum Gasteiger partial charge on any atom is -0.497 e. The molecular formula is C14H20O5. The van der Waals surface area contributed by atoms with E-state index in [-0.39, 0.29) is 6.61 Å². The number of carboxylic acids is 1. The van der Waals surface area contributed by atoms with Crippen LogP contribution in [0.2, 0.25) is 0 Å². The van der Waals surface area contributed by atoms with Crippen molar-refractivity contribution in [1.82, 2.24) is 0 Å². The van der Waals surface area contributed by atoms with Gasteiger partial charge in [-0.1, -0.05) is 0 Å². The molecule has 1 aromatic rings. The van der Waals surface area contributed by atoms with Crippen molar-refractivity contribution in [2.45, 2.75) is 26.9 Å². The Labute approximate surface area is 112 Å². The molecule has 0 aliphatic carbocycles. The molecule has 0 bridgehead atoms. The number of carboxylic acid groups (broad SMARTS) is 1. The van der Waals surface area contributed by atoms with Gasteiger partial charge in [0.15, 0.2) is 0 Å². The lowest BCUT2D eigenvalue weighted by Crippen LogP contribution is -2.30. The maximum Gasteiger partial charge on any atom is 0.312 e. The highest BCUT2D eigenvalue weighted by molar-refractivity contribution is 5.73. The van der Waals surface area contributed by atoms with E-state index in [4.69, 9.17) is 14.6 Å². The van der Waals surface area contributed by atoms with Gasteiger partial charge in [0, 0.05) is 11.6 Å². The van der Waals surface area contributed by atoms with E-state index in [1.165, 1.54) is 7.11 Å². The first-order valence-corrected chi connectivity index (χ1v) is 6.00. The van der Waals surface area contributed by atoms with Crippen LogP contribution in [0, 0.1) is 5.41 Å². The molecule has 0 aliphatic heterocycles. The molecule has 1 rings (SSSR count). The highest BCUT2D eigenvalue weighted by Gasteiger charge is 2.28. The van der Waals surface area contributed by atoms with E-state index in [0.717, 1.165) is 0 Å². The Hall–Kier alpha value is -1.75. The van der Waals surface area contributed by atoms with Crippen molar-refractivity contribution in [2.24, 2.45) is 5.41 Å². The van der Waals surface area contributed by atoms with E-state index in [1.54, 1.807) is 39.0 Å². The van der Waals surface area contributed by atoms with Crippen molar-refractivity contribution in [3.8, 4) is 11.5 Å². The molecule has 0 saturated carbocycles. The Balaban J connectivity index is 2.95. The van der Waals surface area contributed by atoms with E-state index >= 15 is 0 Å². The van der Waals surface area contributed by atoms with Gasteiger partial charge in [-0.25, -0.2) is 0 Å². The summed E-state index contributed by atoms with van der Waals surface area (Å²) in [6.07, 6.45) is -0.700. The van der Waals surface area contributed by atoms with Crippen molar-refractivity contribution < 1.29 is 24.5 Å². The number of aliphatic hydroxyl groups excluding tert-OH is 1. The van der Waals surface area contributed by atoms with E-state index in [1.807, 2.05) is 0 Å². The topological polar surface area (TPSA) is 76.0 Å². The third-order valence-corrected chi connectivity index (χ3v) is 2.84. The Bertz CT molecular complexity index is 451. The third kappa shape index (κ3) is 3.86. The smallest absolute Gasteiger partial charge is 0.312 e. The van der Waals surface area contributed by atoms with Gasteiger partial charge in [-0.15, -0.1) is 0 Å². The lowest BCUT2D eigenvalue weighted by molar-refractivity contribution is -0.148. The number of hydrogen-bond donors (Lipinski definition) is 2. The average molecular weight is 268 g/mol. The summed E-state index contributed by atoms with van der Waals surface area (Å²) in [6, 6.07) is 5.06. The summed E-state index contributed by atoms with van der Waals surface area (Å²) in [4.78, 5) is 11.0. The molecule has 0 radical (unpaired) electrons. The van der Waals surface area contributed by atoms with Crippen LogP contribution in [0.25, 0.3) is 0 Å². The first-order chi connectivity index (χ1) is 8.77. The summed E-state index contributed by atoms with van der Waals surface area (Å²) in [6.45, 7) is 4.79. The number of carbonyl (C=O) groups is 1. The van der Waals surface area contributed by atoms with Gasteiger partial charge in [-0.3, -0.25) is 4.79 Å². The van der Waals surface area contributed by atoms with Crippen molar-refractivity contribution in [3.05, 3.63) is 23.8 Å². The maximum atomic E-state index is 11.0. The number of aliphatic carboxylic acids is 1. The number of ether oxygens (including phenoxy) is 2. The van der Waals surface area contributed by atoms with Crippen LogP contribution in [0.1, 0.15) is 32.4 Å². The van der Waals surface area contributed by atoms with Crippen LogP contribution in [-0.2, 0) is 4.79 Å². The maximum absolute atomic E-state index is 11.0. The van der Waals surface area contributed by atoms with Gasteiger partial charge in [0.2, 0.25) is 0 Å². The third-order valence-electron chi connectivity index (χ3n) is 2.84. The highest BCUT2D eigenvalue weighted by Crippen LogP contribution is 2.30. The Morgan fingerprint density at radius 1 is 1.42 bits per heavy atom. The Morgan fingerprint density at radius 3 is 2.53 bits per heavy atom. The second kappa shape index (κ2) is 5.93.